The summed E-state index contributed by atoms with van der Waals surface area (Å²) < 4.78 is 41.9. The van der Waals surface area contributed by atoms with Crippen LogP contribution >= 0.6 is 12.0 Å². The number of ether oxygens (including phenoxy) is 1. The van der Waals surface area contributed by atoms with Gasteiger partial charge in [0.2, 0.25) is 0 Å². The van der Waals surface area contributed by atoms with Gasteiger partial charge in [0.1, 0.15) is 10.6 Å². The van der Waals surface area contributed by atoms with Gasteiger partial charge in [0.15, 0.2) is 11.6 Å². The molecule has 0 amide bonds. The van der Waals surface area contributed by atoms with Crippen LogP contribution in [0.1, 0.15) is 37.4 Å². The molecule has 0 radical (unpaired) electrons. The van der Waals surface area contributed by atoms with Crippen molar-refractivity contribution < 1.29 is 41.9 Å². The number of carbonyl (C=O) groups excluding carboxylic acids is 2. The number of hydrogen-bond acceptors (Lipinski definition) is 9. The van der Waals surface area contributed by atoms with Gasteiger partial charge in [-0.25, -0.2) is 5.26 Å². The Morgan fingerprint density at radius 1 is 0.848 bits per heavy atom. The van der Waals surface area contributed by atoms with Crippen molar-refractivity contribution in [3.63, 3.8) is 0 Å². The lowest BCUT2D eigenvalue weighted by molar-refractivity contribution is -0.432. The number of carbonyl (C=O) groups is 2. The second kappa shape index (κ2) is 10.3. The first-order valence-corrected chi connectivity index (χ1v) is 11.4. The molecule has 0 bridgehead atoms. The van der Waals surface area contributed by atoms with E-state index in [0.29, 0.717) is 16.0 Å². The van der Waals surface area contributed by atoms with Gasteiger partial charge in [-0.1, -0.05) is 41.4 Å². The third kappa shape index (κ3) is 5.66. The molecule has 33 heavy (non-hydrogen) atoms. The summed E-state index contributed by atoms with van der Waals surface area (Å²) in [5.74, 6) is -0.905. The Morgan fingerprint density at radius 2 is 1.36 bits per heavy atom. The average molecular weight is 491 g/mol. The highest BCUT2D eigenvalue weighted by molar-refractivity contribution is 7.94. The molecule has 0 aliphatic carbocycles. The molecule has 0 unspecified atom stereocenters. The topological polar surface area (TPSA) is 136 Å². The van der Waals surface area contributed by atoms with Crippen molar-refractivity contribution in [3.05, 3.63) is 88.5 Å². The molecule has 0 heterocycles. The fourth-order valence-electron chi connectivity index (χ4n) is 3.01. The van der Waals surface area contributed by atoms with E-state index in [1.807, 2.05) is 0 Å². The Balaban J connectivity index is 1.86. The third-order valence-corrected chi connectivity index (χ3v) is 6.34. The predicted molar refractivity (Wildman–Crippen MR) is 118 cm³/mol. The maximum atomic E-state index is 12.8. The second-order valence-electron chi connectivity index (χ2n) is 6.78. The van der Waals surface area contributed by atoms with Crippen LogP contribution in [0.25, 0.3) is 0 Å². The first-order chi connectivity index (χ1) is 15.7. The first kappa shape index (κ1) is 24.6. The van der Waals surface area contributed by atoms with E-state index in [1.165, 1.54) is 43.5 Å². The van der Waals surface area contributed by atoms with Crippen LogP contribution in [0.3, 0.4) is 0 Å². The van der Waals surface area contributed by atoms with Crippen molar-refractivity contribution in [1.29, 1.82) is 0 Å². The summed E-state index contributed by atoms with van der Waals surface area (Å²) in [5, 5.41) is 11.9. The largest absolute Gasteiger partial charge is 0.495 e. The SMILES string of the molecule is COc1ccc(C(=O)c2ccc(C(=O)c3ccc(C)c(SOOO)c3)cc2)cc1S(=O)(=O)O. The van der Waals surface area contributed by atoms with Gasteiger partial charge in [-0.3, -0.25) is 14.1 Å². The van der Waals surface area contributed by atoms with Crippen LogP contribution < -0.4 is 4.74 Å². The normalized spacial score (nSPS) is 11.3. The van der Waals surface area contributed by atoms with Gasteiger partial charge in [-0.2, -0.15) is 8.42 Å². The van der Waals surface area contributed by atoms with E-state index >= 15 is 0 Å². The van der Waals surface area contributed by atoms with Gasteiger partial charge in [0.25, 0.3) is 10.1 Å². The standard InChI is InChI=1S/C22H18O9S2/c1-13-3-4-16(11-19(13)32-31-30-25)21(23)14-5-7-15(8-6-14)22(24)17-9-10-18(29-2)20(12-17)33(26,27)28/h3-12,25H,1-2H3,(H,26,27,28). The first-order valence-electron chi connectivity index (χ1n) is 9.26. The van der Waals surface area contributed by atoms with E-state index in [9.17, 15) is 22.6 Å². The molecule has 172 valence electrons. The molecular weight excluding hydrogens is 472 g/mol. The van der Waals surface area contributed by atoms with Crippen LogP contribution in [-0.4, -0.2) is 36.9 Å². The van der Waals surface area contributed by atoms with Crippen LogP contribution in [0.5, 0.6) is 5.75 Å². The number of hydrogen-bond donors (Lipinski definition) is 2. The number of ketones is 2. The van der Waals surface area contributed by atoms with Gasteiger partial charge < -0.3 is 4.74 Å². The number of aryl methyl sites for hydroxylation is 1. The molecule has 0 aliphatic rings. The summed E-state index contributed by atoms with van der Waals surface area (Å²) in [7, 11) is -3.36. The number of methoxy groups -OCH3 is 1. The van der Waals surface area contributed by atoms with Crippen LogP contribution in [0.2, 0.25) is 0 Å². The zero-order valence-electron chi connectivity index (χ0n) is 17.3. The molecule has 9 nitrogen and oxygen atoms in total. The van der Waals surface area contributed by atoms with E-state index in [0.717, 1.165) is 23.7 Å². The van der Waals surface area contributed by atoms with E-state index in [4.69, 9.17) is 9.99 Å². The highest BCUT2D eigenvalue weighted by Gasteiger charge is 2.20. The number of benzene rings is 3. The van der Waals surface area contributed by atoms with Crippen molar-refractivity contribution in [2.45, 2.75) is 16.7 Å². The molecule has 3 aromatic rings. The summed E-state index contributed by atoms with van der Waals surface area (Å²) in [6, 6.07) is 14.4. The Hall–Kier alpha value is -3.06. The molecule has 0 atom stereocenters. The summed E-state index contributed by atoms with van der Waals surface area (Å²) in [5.41, 5.74) is 1.72. The Bertz CT molecular complexity index is 1300. The minimum atomic E-state index is -4.60. The average Bonchev–Trinajstić information content (AvgIpc) is 2.81. The maximum Gasteiger partial charge on any atom is 0.298 e. The van der Waals surface area contributed by atoms with Crippen molar-refractivity contribution in [2.75, 3.05) is 7.11 Å². The molecule has 3 rings (SSSR count). The van der Waals surface area contributed by atoms with Crippen LogP contribution in [0, 0.1) is 6.92 Å². The fraction of sp³-hybridized carbons (Fsp3) is 0.0909. The lowest BCUT2D eigenvalue weighted by Gasteiger charge is -2.09. The molecule has 2 N–H and O–H groups in total. The predicted octanol–water partition coefficient (Wildman–Crippen LogP) is 4.14. The van der Waals surface area contributed by atoms with Crippen LogP contribution in [-0.2, 0) is 19.5 Å². The lowest BCUT2D eigenvalue weighted by Crippen LogP contribution is -2.07. The van der Waals surface area contributed by atoms with Crippen LogP contribution in [0.15, 0.2) is 70.5 Å². The van der Waals surface area contributed by atoms with Crippen molar-refractivity contribution >= 4 is 33.7 Å². The lowest BCUT2D eigenvalue weighted by atomic mass is 9.98. The Kier molecular flexibility index (Phi) is 7.64. The maximum absolute atomic E-state index is 12.8. The summed E-state index contributed by atoms with van der Waals surface area (Å²) in [6.07, 6.45) is 0. The molecule has 0 saturated heterocycles. The van der Waals surface area contributed by atoms with E-state index in [-0.39, 0.29) is 22.7 Å². The second-order valence-corrected chi connectivity index (χ2v) is 8.92. The van der Waals surface area contributed by atoms with Gasteiger partial charge in [0, 0.05) is 27.1 Å². The molecule has 3 aromatic carbocycles. The van der Waals surface area contributed by atoms with Gasteiger partial charge >= 0.3 is 0 Å². The van der Waals surface area contributed by atoms with Crippen LogP contribution in [0.4, 0.5) is 0 Å². The molecule has 0 aliphatic heterocycles. The molecule has 0 saturated carbocycles. The van der Waals surface area contributed by atoms with Gasteiger partial charge in [-0.15, -0.1) is 4.33 Å². The van der Waals surface area contributed by atoms with Crippen molar-refractivity contribution in [1.82, 2.24) is 0 Å². The summed E-state index contributed by atoms with van der Waals surface area (Å²) in [4.78, 5) is 25.7. The minimum Gasteiger partial charge on any atom is -0.495 e. The van der Waals surface area contributed by atoms with Gasteiger partial charge in [-0.05, 0) is 36.8 Å². The molecule has 0 aromatic heterocycles. The van der Waals surface area contributed by atoms with Crippen molar-refractivity contribution in [3.8, 4) is 5.75 Å². The van der Waals surface area contributed by atoms with Crippen molar-refractivity contribution in [2.24, 2.45) is 0 Å². The zero-order valence-corrected chi connectivity index (χ0v) is 19.0. The molecule has 0 fully saturated rings. The highest BCUT2D eigenvalue weighted by Crippen LogP contribution is 2.27. The minimum absolute atomic E-state index is 0.0220. The number of rotatable bonds is 9. The quantitative estimate of drug-likeness (QED) is 0.148. The third-order valence-electron chi connectivity index (χ3n) is 4.72. The molecule has 0 spiro atoms. The molecular formula is C22H18O9S2. The Labute approximate surface area is 193 Å². The fourth-order valence-corrected chi connectivity index (χ4v) is 4.17. The smallest absolute Gasteiger partial charge is 0.298 e. The zero-order chi connectivity index (χ0) is 24.2. The van der Waals surface area contributed by atoms with Gasteiger partial charge in [0.05, 0.1) is 19.2 Å². The Morgan fingerprint density at radius 3 is 1.88 bits per heavy atom. The highest BCUT2D eigenvalue weighted by atomic mass is 32.2. The van der Waals surface area contributed by atoms with E-state index < -0.39 is 20.8 Å². The summed E-state index contributed by atoms with van der Waals surface area (Å²) in [6.45, 7) is 1.80. The van der Waals surface area contributed by atoms with E-state index in [1.54, 1.807) is 25.1 Å². The van der Waals surface area contributed by atoms with E-state index in [2.05, 4.69) is 9.37 Å². The molecule has 11 heteroatoms. The summed E-state index contributed by atoms with van der Waals surface area (Å²) >= 11 is 0.745. The monoisotopic (exact) mass is 490 g/mol.